The number of aromatic nitrogens is 2. The van der Waals surface area contributed by atoms with Crippen LogP contribution in [0, 0.1) is 5.92 Å². The van der Waals surface area contributed by atoms with Gasteiger partial charge in [0.15, 0.2) is 5.82 Å². The van der Waals surface area contributed by atoms with Crippen molar-refractivity contribution in [1.29, 1.82) is 0 Å². The average Bonchev–Trinajstić information content (AvgIpc) is 2.30. The molecule has 0 aliphatic heterocycles. The maximum atomic E-state index is 6.00. The molecule has 6 heteroatoms. The number of halogens is 2. The van der Waals surface area contributed by atoms with Crippen LogP contribution in [0.1, 0.15) is 20.3 Å². The zero-order valence-electron chi connectivity index (χ0n) is 10.2. The number of alkyl halides is 1. The number of nitrogens with zero attached hydrogens (tertiary/aromatic N) is 2. The molecular weight excluding hydrogens is 261 g/mol. The summed E-state index contributed by atoms with van der Waals surface area (Å²) in [5, 5.41) is 3.67. The second-order valence-electron chi connectivity index (χ2n) is 4.18. The zero-order valence-corrected chi connectivity index (χ0v) is 11.7. The smallest absolute Gasteiger partial charge is 0.318 e. The van der Waals surface area contributed by atoms with Gasteiger partial charge in [-0.15, -0.1) is 11.6 Å². The van der Waals surface area contributed by atoms with E-state index in [1.165, 1.54) is 13.3 Å². The van der Waals surface area contributed by atoms with Gasteiger partial charge in [0, 0.05) is 11.9 Å². The number of ether oxygens (including phenoxy) is 1. The lowest BCUT2D eigenvalue weighted by Crippen LogP contribution is -2.24. The van der Waals surface area contributed by atoms with Gasteiger partial charge in [-0.2, -0.15) is 4.98 Å². The molecular formula is C11H17Cl2N3O. The van der Waals surface area contributed by atoms with Gasteiger partial charge < -0.3 is 10.1 Å². The predicted molar refractivity (Wildman–Crippen MR) is 71.2 cm³/mol. The Morgan fingerprint density at radius 2 is 2.18 bits per heavy atom. The van der Waals surface area contributed by atoms with Crippen molar-refractivity contribution >= 4 is 29.0 Å². The number of hydrogen-bond acceptors (Lipinski definition) is 4. The molecule has 0 radical (unpaired) electrons. The molecule has 1 heterocycles. The molecule has 0 aromatic carbocycles. The summed E-state index contributed by atoms with van der Waals surface area (Å²) in [5.41, 5.74) is 0. The van der Waals surface area contributed by atoms with Crippen LogP contribution in [0.4, 0.5) is 5.82 Å². The van der Waals surface area contributed by atoms with Crippen molar-refractivity contribution in [3.63, 3.8) is 0 Å². The Balaban J connectivity index is 2.77. The molecule has 1 N–H and O–H groups in total. The summed E-state index contributed by atoms with van der Waals surface area (Å²) in [7, 11) is 1.51. The van der Waals surface area contributed by atoms with E-state index < -0.39 is 0 Å². The number of nitrogens with one attached hydrogen (secondary N) is 1. The maximum absolute atomic E-state index is 6.00. The van der Waals surface area contributed by atoms with E-state index in [1.54, 1.807) is 0 Å². The third kappa shape index (κ3) is 4.56. The zero-order chi connectivity index (χ0) is 12.8. The van der Waals surface area contributed by atoms with Gasteiger partial charge in [0.1, 0.15) is 5.02 Å². The van der Waals surface area contributed by atoms with Crippen molar-refractivity contribution in [1.82, 2.24) is 9.97 Å². The van der Waals surface area contributed by atoms with E-state index >= 15 is 0 Å². The summed E-state index contributed by atoms with van der Waals surface area (Å²) in [6.07, 6.45) is 2.46. The summed E-state index contributed by atoms with van der Waals surface area (Å²) in [6, 6.07) is 0.420. The Hall–Kier alpha value is -0.740. The van der Waals surface area contributed by atoms with Gasteiger partial charge in [-0.05, 0) is 12.3 Å². The van der Waals surface area contributed by atoms with Crippen molar-refractivity contribution in [3.05, 3.63) is 11.2 Å². The quantitative estimate of drug-likeness (QED) is 0.812. The second-order valence-corrected chi connectivity index (χ2v) is 4.89. The van der Waals surface area contributed by atoms with E-state index in [2.05, 4.69) is 29.1 Å². The normalized spacial score (nSPS) is 12.6. The summed E-state index contributed by atoms with van der Waals surface area (Å²) in [6.45, 7) is 4.28. The molecule has 1 unspecified atom stereocenters. The fourth-order valence-electron chi connectivity index (χ4n) is 1.47. The van der Waals surface area contributed by atoms with Crippen molar-refractivity contribution in [2.45, 2.75) is 26.3 Å². The molecule has 1 atom stereocenters. The summed E-state index contributed by atoms with van der Waals surface area (Å²) in [5.74, 6) is 1.61. The number of methoxy groups -OCH3 is 1. The van der Waals surface area contributed by atoms with Gasteiger partial charge in [-0.3, -0.25) is 0 Å². The number of anilines is 1. The summed E-state index contributed by atoms with van der Waals surface area (Å²) < 4.78 is 4.95. The SMILES string of the molecule is COc1ncc(Cl)c(NC(CCl)CC(C)C)n1. The largest absolute Gasteiger partial charge is 0.467 e. The average molecular weight is 278 g/mol. The van der Waals surface area contributed by atoms with E-state index in [9.17, 15) is 0 Å². The molecule has 17 heavy (non-hydrogen) atoms. The molecule has 1 aromatic heterocycles. The van der Waals surface area contributed by atoms with Gasteiger partial charge in [-0.1, -0.05) is 25.4 Å². The van der Waals surface area contributed by atoms with Crippen LogP contribution in [0.3, 0.4) is 0 Å². The molecule has 1 rings (SSSR count). The van der Waals surface area contributed by atoms with Crippen LogP contribution in [-0.4, -0.2) is 29.0 Å². The fraction of sp³-hybridized carbons (Fsp3) is 0.636. The fourth-order valence-corrected chi connectivity index (χ4v) is 1.82. The van der Waals surface area contributed by atoms with Crippen LogP contribution in [0.2, 0.25) is 5.02 Å². The molecule has 0 amide bonds. The highest BCUT2D eigenvalue weighted by molar-refractivity contribution is 6.32. The van der Waals surface area contributed by atoms with Crippen LogP contribution in [0.5, 0.6) is 6.01 Å². The predicted octanol–water partition coefficient (Wildman–Crippen LogP) is 3.20. The maximum Gasteiger partial charge on any atom is 0.318 e. The van der Waals surface area contributed by atoms with Gasteiger partial charge in [-0.25, -0.2) is 4.98 Å². The third-order valence-corrected chi connectivity index (χ3v) is 2.84. The lowest BCUT2D eigenvalue weighted by molar-refractivity contribution is 0.380. The van der Waals surface area contributed by atoms with Gasteiger partial charge >= 0.3 is 6.01 Å². The molecule has 0 saturated heterocycles. The van der Waals surface area contributed by atoms with Crippen molar-refractivity contribution < 1.29 is 4.74 Å². The molecule has 0 aliphatic rings. The minimum Gasteiger partial charge on any atom is -0.467 e. The molecule has 0 saturated carbocycles. The van der Waals surface area contributed by atoms with E-state index in [4.69, 9.17) is 27.9 Å². The number of rotatable bonds is 6. The van der Waals surface area contributed by atoms with Crippen LogP contribution in [-0.2, 0) is 0 Å². The van der Waals surface area contributed by atoms with Crippen molar-refractivity contribution in [2.75, 3.05) is 18.3 Å². The van der Waals surface area contributed by atoms with Crippen LogP contribution in [0.15, 0.2) is 6.20 Å². The highest BCUT2D eigenvalue weighted by atomic mass is 35.5. The van der Waals surface area contributed by atoms with Crippen LogP contribution in [0.25, 0.3) is 0 Å². The topological polar surface area (TPSA) is 47.0 Å². The first-order valence-electron chi connectivity index (χ1n) is 5.45. The Morgan fingerprint density at radius 1 is 1.47 bits per heavy atom. The first-order chi connectivity index (χ1) is 8.06. The van der Waals surface area contributed by atoms with Crippen LogP contribution >= 0.6 is 23.2 Å². The second kappa shape index (κ2) is 6.87. The lowest BCUT2D eigenvalue weighted by Gasteiger charge is -2.19. The molecule has 0 bridgehead atoms. The van der Waals surface area contributed by atoms with E-state index in [-0.39, 0.29) is 12.1 Å². The first kappa shape index (κ1) is 14.3. The Bertz CT molecular complexity index is 361. The Labute approximate surface area is 112 Å². The van der Waals surface area contributed by atoms with Gasteiger partial charge in [0.2, 0.25) is 0 Å². The highest BCUT2D eigenvalue weighted by Crippen LogP contribution is 2.22. The highest BCUT2D eigenvalue weighted by Gasteiger charge is 2.13. The van der Waals surface area contributed by atoms with Gasteiger partial charge in [0.25, 0.3) is 0 Å². The van der Waals surface area contributed by atoms with Crippen LogP contribution < -0.4 is 10.1 Å². The molecule has 96 valence electrons. The molecule has 0 spiro atoms. The minimum absolute atomic E-state index is 0.133. The van der Waals surface area contributed by atoms with Gasteiger partial charge in [0.05, 0.1) is 13.3 Å². The minimum atomic E-state index is 0.133. The molecule has 0 aliphatic carbocycles. The van der Waals surface area contributed by atoms with Crippen molar-refractivity contribution in [2.24, 2.45) is 5.92 Å². The van der Waals surface area contributed by atoms with E-state index in [1.807, 2.05) is 0 Å². The third-order valence-electron chi connectivity index (χ3n) is 2.19. The molecule has 4 nitrogen and oxygen atoms in total. The molecule has 1 aromatic rings. The Kier molecular flexibility index (Phi) is 5.78. The number of hydrogen-bond donors (Lipinski definition) is 1. The Morgan fingerprint density at radius 3 is 2.71 bits per heavy atom. The first-order valence-corrected chi connectivity index (χ1v) is 6.37. The monoisotopic (exact) mass is 277 g/mol. The summed E-state index contributed by atoms with van der Waals surface area (Å²) >= 11 is 11.9. The standard InChI is InChI=1S/C11H17Cl2N3O/c1-7(2)4-8(5-12)15-10-9(13)6-14-11(16-10)17-3/h6-8H,4-5H2,1-3H3,(H,14,15,16). The van der Waals surface area contributed by atoms with E-state index in [0.29, 0.717) is 22.6 Å². The van der Waals surface area contributed by atoms with E-state index in [0.717, 1.165) is 6.42 Å². The van der Waals surface area contributed by atoms with Crippen molar-refractivity contribution in [3.8, 4) is 6.01 Å². The summed E-state index contributed by atoms with van der Waals surface area (Å²) in [4.78, 5) is 8.06. The molecule has 0 fully saturated rings. The lowest BCUT2D eigenvalue weighted by atomic mass is 10.1.